The first-order chi connectivity index (χ1) is 14.0. The molecule has 0 aliphatic carbocycles. The van der Waals surface area contributed by atoms with E-state index >= 15 is 0 Å². The van der Waals surface area contributed by atoms with Crippen molar-refractivity contribution in [2.45, 2.75) is 31.5 Å². The summed E-state index contributed by atoms with van der Waals surface area (Å²) in [6.07, 6.45) is -0.00948. The minimum atomic E-state index is -3.31. The first-order valence-corrected chi connectivity index (χ1v) is 11.5. The first-order valence-electron chi connectivity index (χ1n) is 9.39. The van der Waals surface area contributed by atoms with Crippen LogP contribution in [0.1, 0.15) is 24.1 Å². The van der Waals surface area contributed by atoms with Crippen molar-refractivity contribution in [1.82, 2.24) is 10.6 Å². The summed E-state index contributed by atoms with van der Waals surface area (Å²) in [5.41, 5.74) is 1.01. The Bertz CT molecular complexity index is 934. The summed E-state index contributed by atoms with van der Waals surface area (Å²) >= 11 is 0. The van der Waals surface area contributed by atoms with Gasteiger partial charge < -0.3 is 15.7 Å². The molecule has 0 saturated carbocycles. The van der Waals surface area contributed by atoms with Gasteiger partial charge in [-0.05, 0) is 29.7 Å². The molecular formula is C21H26F2N2O4S. The van der Waals surface area contributed by atoms with Crippen LogP contribution in [0.15, 0.2) is 48.5 Å². The number of halogens is 2. The van der Waals surface area contributed by atoms with Gasteiger partial charge >= 0.3 is 0 Å². The maximum atomic E-state index is 13.5. The van der Waals surface area contributed by atoms with Crippen LogP contribution in [0.25, 0.3) is 0 Å². The predicted octanol–water partition coefficient (Wildman–Crippen LogP) is 1.75. The average Bonchev–Trinajstić information content (AvgIpc) is 2.63. The van der Waals surface area contributed by atoms with Crippen molar-refractivity contribution in [3.8, 4) is 0 Å². The number of aliphatic hydroxyl groups is 1. The highest BCUT2D eigenvalue weighted by molar-refractivity contribution is 7.90. The van der Waals surface area contributed by atoms with Crippen molar-refractivity contribution in [3.05, 3.63) is 71.3 Å². The third kappa shape index (κ3) is 8.17. The molecule has 2 aromatic rings. The molecule has 2 aromatic carbocycles. The van der Waals surface area contributed by atoms with E-state index in [0.717, 1.165) is 30.0 Å². The molecule has 1 amide bonds. The lowest BCUT2D eigenvalue weighted by Crippen LogP contribution is -2.49. The zero-order valence-corrected chi connectivity index (χ0v) is 17.6. The molecule has 0 fully saturated rings. The number of aliphatic hydroxyl groups excluding tert-OH is 1. The Balaban J connectivity index is 2.14. The number of sulfone groups is 1. The molecule has 3 N–H and O–H groups in total. The molecule has 2 rings (SSSR count). The van der Waals surface area contributed by atoms with Gasteiger partial charge in [0, 0.05) is 31.8 Å². The van der Waals surface area contributed by atoms with Crippen molar-refractivity contribution in [3.63, 3.8) is 0 Å². The first kappa shape index (κ1) is 23.9. The van der Waals surface area contributed by atoms with Crippen LogP contribution in [0.5, 0.6) is 0 Å². The number of amides is 1. The number of carbonyl (C=O) groups excluding carboxylic acids is 1. The summed E-state index contributed by atoms with van der Waals surface area (Å²) in [5.74, 6) is -2.09. The molecule has 0 heterocycles. The van der Waals surface area contributed by atoms with E-state index in [-0.39, 0.29) is 24.3 Å². The highest BCUT2D eigenvalue weighted by Gasteiger charge is 2.24. The third-order valence-corrected chi connectivity index (χ3v) is 5.41. The van der Waals surface area contributed by atoms with Crippen molar-refractivity contribution in [2.24, 2.45) is 0 Å². The zero-order chi connectivity index (χ0) is 22.3. The van der Waals surface area contributed by atoms with Crippen LogP contribution >= 0.6 is 0 Å². The van der Waals surface area contributed by atoms with E-state index in [9.17, 15) is 27.1 Å². The van der Waals surface area contributed by atoms with E-state index in [1.165, 1.54) is 6.92 Å². The highest BCUT2D eigenvalue weighted by atomic mass is 32.2. The summed E-state index contributed by atoms with van der Waals surface area (Å²) in [6.45, 7) is 1.23. The second-order valence-electron chi connectivity index (χ2n) is 7.32. The molecule has 30 heavy (non-hydrogen) atoms. The van der Waals surface area contributed by atoms with Crippen LogP contribution in [0.4, 0.5) is 8.78 Å². The molecule has 0 bridgehead atoms. The fraction of sp³-hybridized carbons (Fsp3) is 0.381. The third-order valence-electron chi connectivity index (χ3n) is 4.48. The summed E-state index contributed by atoms with van der Waals surface area (Å²) in [5, 5.41) is 16.3. The quantitative estimate of drug-likeness (QED) is 0.523. The maximum absolute atomic E-state index is 13.5. The minimum absolute atomic E-state index is 0.000807. The summed E-state index contributed by atoms with van der Waals surface area (Å²) in [7, 11) is -3.31. The molecular weight excluding hydrogens is 414 g/mol. The molecule has 164 valence electrons. The molecule has 0 spiro atoms. The molecule has 0 radical (unpaired) electrons. The molecule has 9 heteroatoms. The topological polar surface area (TPSA) is 95.5 Å². The van der Waals surface area contributed by atoms with E-state index in [1.54, 1.807) is 30.3 Å². The van der Waals surface area contributed by atoms with E-state index in [1.807, 2.05) is 0 Å². The molecule has 0 saturated heterocycles. The summed E-state index contributed by atoms with van der Waals surface area (Å²) in [6, 6.07) is 10.5. The van der Waals surface area contributed by atoms with E-state index in [4.69, 9.17) is 0 Å². The Labute approximate surface area is 175 Å². The smallest absolute Gasteiger partial charge is 0.217 e. The lowest BCUT2D eigenvalue weighted by Gasteiger charge is -2.27. The van der Waals surface area contributed by atoms with Crippen LogP contribution < -0.4 is 10.6 Å². The molecule has 1 unspecified atom stereocenters. The Kier molecular flexibility index (Phi) is 8.45. The van der Waals surface area contributed by atoms with Crippen molar-refractivity contribution in [2.75, 3.05) is 18.6 Å². The standard InChI is InChI=1S/C21H26F2N2O4S/c1-14(26)25-19(10-15-8-17(22)11-18(23)9-15)21(27)12-24-20(13-30(2,28)29)16-6-4-3-5-7-16/h3-9,11,19-21,24,27H,10,12-13H2,1-2H3,(H,25,26)/t19-,20?,21+/m0/s1. The lowest BCUT2D eigenvalue weighted by atomic mass is 10.00. The Hall–Kier alpha value is -2.36. The largest absolute Gasteiger partial charge is 0.390 e. The highest BCUT2D eigenvalue weighted by Crippen LogP contribution is 2.16. The van der Waals surface area contributed by atoms with Crippen LogP contribution in [0.2, 0.25) is 0 Å². The molecule has 0 aliphatic rings. The lowest BCUT2D eigenvalue weighted by molar-refractivity contribution is -0.120. The van der Waals surface area contributed by atoms with Crippen LogP contribution in [0, 0.1) is 11.6 Å². The average molecular weight is 441 g/mol. The SMILES string of the molecule is CC(=O)N[C@@H](Cc1cc(F)cc(F)c1)[C@H](O)CNC(CS(C)(=O)=O)c1ccccc1. The predicted molar refractivity (Wildman–Crippen MR) is 111 cm³/mol. The normalized spacial score (nSPS) is 14.7. The number of hydrogen-bond donors (Lipinski definition) is 3. The van der Waals surface area contributed by atoms with Crippen molar-refractivity contribution >= 4 is 15.7 Å². The number of nitrogens with one attached hydrogen (secondary N) is 2. The van der Waals surface area contributed by atoms with Crippen LogP contribution in [-0.4, -0.2) is 50.1 Å². The molecule has 6 nitrogen and oxygen atoms in total. The second kappa shape index (κ2) is 10.6. The van der Waals surface area contributed by atoms with Gasteiger partial charge in [-0.3, -0.25) is 4.79 Å². The monoisotopic (exact) mass is 440 g/mol. The van der Waals surface area contributed by atoms with Gasteiger partial charge in [-0.1, -0.05) is 30.3 Å². The van der Waals surface area contributed by atoms with E-state index < -0.39 is 45.6 Å². The van der Waals surface area contributed by atoms with Gasteiger partial charge in [-0.25, -0.2) is 17.2 Å². The fourth-order valence-electron chi connectivity index (χ4n) is 3.19. The van der Waals surface area contributed by atoms with Crippen LogP contribution in [-0.2, 0) is 21.1 Å². The Morgan fingerprint density at radius 3 is 2.23 bits per heavy atom. The van der Waals surface area contributed by atoms with Gasteiger partial charge in [0.15, 0.2) is 0 Å². The zero-order valence-electron chi connectivity index (χ0n) is 16.8. The fourth-order valence-corrected chi connectivity index (χ4v) is 4.11. The Morgan fingerprint density at radius 1 is 1.10 bits per heavy atom. The summed E-state index contributed by atoms with van der Waals surface area (Å²) < 4.78 is 50.6. The Morgan fingerprint density at radius 2 is 1.70 bits per heavy atom. The van der Waals surface area contributed by atoms with Gasteiger partial charge in [0.25, 0.3) is 0 Å². The van der Waals surface area contributed by atoms with Crippen molar-refractivity contribution in [1.29, 1.82) is 0 Å². The van der Waals surface area contributed by atoms with Crippen molar-refractivity contribution < 1.29 is 27.1 Å². The number of benzene rings is 2. The van der Waals surface area contributed by atoms with E-state index in [2.05, 4.69) is 10.6 Å². The molecule has 0 aromatic heterocycles. The maximum Gasteiger partial charge on any atom is 0.217 e. The minimum Gasteiger partial charge on any atom is -0.390 e. The van der Waals surface area contributed by atoms with Gasteiger partial charge in [-0.2, -0.15) is 0 Å². The van der Waals surface area contributed by atoms with Gasteiger partial charge in [0.05, 0.1) is 17.9 Å². The number of carbonyl (C=O) groups is 1. The summed E-state index contributed by atoms with van der Waals surface area (Å²) in [4.78, 5) is 11.6. The molecule has 0 aliphatic heterocycles. The van der Waals surface area contributed by atoms with Gasteiger partial charge in [0.1, 0.15) is 21.5 Å². The number of rotatable bonds is 10. The van der Waals surface area contributed by atoms with Gasteiger partial charge in [0.2, 0.25) is 5.91 Å². The number of hydrogen-bond acceptors (Lipinski definition) is 5. The molecule has 3 atom stereocenters. The van der Waals surface area contributed by atoms with E-state index in [0.29, 0.717) is 0 Å². The van der Waals surface area contributed by atoms with Gasteiger partial charge in [-0.15, -0.1) is 0 Å². The second-order valence-corrected chi connectivity index (χ2v) is 9.50. The van der Waals surface area contributed by atoms with Crippen LogP contribution in [0.3, 0.4) is 0 Å².